The first-order valence-electron chi connectivity index (χ1n) is 8.45. The summed E-state index contributed by atoms with van der Waals surface area (Å²) in [5, 5.41) is 11.3. The Morgan fingerprint density at radius 2 is 2.10 bits per heavy atom. The Bertz CT molecular complexity index is 436. The van der Waals surface area contributed by atoms with Gasteiger partial charge in [0.25, 0.3) is 0 Å². The van der Waals surface area contributed by atoms with Gasteiger partial charge < -0.3 is 15.1 Å². The van der Waals surface area contributed by atoms with Gasteiger partial charge in [-0.2, -0.15) is 5.10 Å². The number of piperazine rings is 1. The summed E-state index contributed by atoms with van der Waals surface area (Å²) < 4.78 is 0. The van der Waals surface area contributed by atoms with Gasteiger partial charge in [-0.1, -0.05) is 13.8 Å². The second-order valence-corrected chi connectivity index (χ2v) is 6.91. The van der Waals surface area contributed by atoms with Crippen molar-refractivity contribution in [2.75, 3.05) is 50.7 Å². The van der Waals surface area contributed by atoms with Crippen molar-refractivity contribution in [3.63, 3.8) is 0 Å². The minimum atomic E-state index is 0.627. The summed E-state index contributed by atoms with van der Waals surface area (Å²) in [6.07, 6.45) is 2.59. The fraction of sp³-hybridized carbons (Fsp3) is 0.812. The van der Waals surface area contributed by atoms with Crippen LogP contribution in [-0.2, 0) is 0 Å². The third kappa shape index (κ3) is 3.77. The van der Waals surface area contributed by atoms with Crippen LogP contribution in [0.2, 0.25) is 0 Å². The summed E-state index contributed by atoms with van der Waals surface area (Å²) in [7, 11) is 0. The first kappa shape index (κ1) is 14.9. The number of hydrogen-bond acceptors (Lipinski definition) is 4. The Labute approximate surface area is 128 Å². The van der Waals surface area contributed by atoms with Crippen molar-refractivity contribution in [1.29, 1.82) is 0 Å². The summed E-state index contributed by atoms with van der Waals surface area (Å²) in [6, 6.07) is 2.29. The van der Waals surface area contributed by atoms with Crippen LogP contribution >= 0.6 is 0 Å². The van der Waals surface area contributed by atoms with Crippen LogP contribution in [0.4, 0.5) is 5.82 Å². The minimum absolute atomic E-state index is 0.627. The zero-order chi connectivity index (χ0) is 14.7. The molecule has 3 heterocycles. The summed E-state index contributed by atoms with van der Waals surface area (Å²) in [5.41, 5.74) is 1.33. The van der Waals surface area contributed by atoms with Gasteiger partial charge in [0.05, 0.1) is 0 Å². The molecule has 2 saturated heterocycles. The normalized spacial score (nSPS) is 24.7. The van der Waals surface area contributed by atoms with Crippen LogP contribution in [0.25, 0.3) is 0 Å². The number of aromatic nitrogens is 2. The molecule has 3 rings (SSSR count). The lowest BCUT2D eigenvalue weighted by molar-refractivity contribution is 0.186. The minimum Gasteiger partial charge on any atom is -0.353 e. The van der Waals surface area contributed by atoms with E-state index in [1.165, 1.54) is 38.2 Å². The molecule has 1 atom stereocenters. The molecule has 2 N–H and O–H groups in total. The van der Waals surface area contributed by atoms with E-state index in [1.807, 2.05) is 0 Å². The molecule has 0 spiro atoms. The third-order valence-corrected chi connectivity index (χ3v) is 4.59. The highest BCUT2D eigenvalue weighted by Crippen LogP contribution is 2.28. The van der Waals surface area contributed by atoms with Gasteiger partial charge in [-0.05, 0) is 25.3 Å². The van der Waals surface area contributed by atoms with E-state index < -0.39 is 0 Å². The molecule has 1 aromatic rings. The predicted molar refractivity (Wildman–Crippen MR) is 86.9 cm³/mol. The van der Waals surface area contributed by atoms with E-state index in [0.717, 1.165) is 37.9 Å². The molecule has 2 fully saturated rings. The van der Waals surface area contributed by atoms with Crippen LogP contribution in [0.15, 0.2) is 6.07 Å². The highest BCUT2D eigenvalue weighted by atomic mass is 15.3. The highest BCUT2D eigenvalue weighted by Gasteiger charge is 2.24. The summed E-state index contributed by atoms with van der Waals surface area (Å²) in [5.74, 6) is 2.51. The molecule has 21 heavy (non-hydrogen) atoms. The Morgan fingerprint density at radius 3 is 2.86 bits per heavy atom. The molecule has 0 saturated carbocycles. The molecule has 0 amide bonds. The fourth-order valence-corrected chi connectivity index (χ4v) is 3.58. The number of piperidine rings is 1. The van der Waals surface area contributed by atoms with Crippen LogP contribution in [0.1, 0.15) is 38.3 Å². The number of H-pyrrole nitrogens is 1. The molecular formula is C16H29N5. The van der Waals surface area contributed by atoms with Crippen LogP contribution < -0.4 is 10.2 Å². The van der Waals surface area contributed by atoms with E-state index in [1.54, 1.807) is 0 Å². The highest BCUT2D eigenvalue weighted by molar-refractivity contribution is 5.40. The van der Waals surface area contributed by atoms with E-state index in [9.17, 15) is 0 Å². The molecule has 1 unspecified atom stereocenters. The number of rotatable bonds is 4. The summed E-state index contributed by atoms with van der Waals surface area (Å²) in [4.78, 5) is 5.00. The maximum atomic E-state index is 4.56. The van der Waals surface area contributed by atoms with Gasteiger partial charge in [0.2, 0.25) is 0 Å². The maximum Gasteiger partial charge on any atom is 0.150 e. The van der Waals surface area contributed by atoms with E-state index in [2.05, 4.69) is 45.2 Å². The molecule has 5 heteroatoms. The average molecular weight is 291 g/mol. The van der Waals surface area contributed by atoms with Crippen molar-refractivity contribution >= 4 is 5.82 Å². The second-order valence-electron chi connectivity index (χ2n) is 6.91. The van der Waals surface area contributed by atoms with Gasteiger partial charge >= 0.3 is 0 Å². The van der Waals surface area contributed by atoms with Crippen molar-refractivity contribution in [3.8, 4) is 0 Å². The number of nitrogens with zero attached hydrogens (tertiary/aromatic N) is 3. The SMILES string of the molecule is CC(C)CN1CCCC(c2cc(N3CCNCC3)n[nH]2)C1. The van der Waals surface area contributed by atoms with Gasteiger partial charge in [-0.3, -0.25) is 5.10 Å². The summed E-state index contributed by atoms with van der Waals surface area (Å²) in [6.45, 7) is 12.5. The Morgan fingerprint density at radius 1 is 1.29 bits per heavy atom. The Hall–Kier alpha value is -1.07. The zero-order valence-electron chi connectivity index (χ0n) is 13.4. The van der Waals surface area contributed by atoms with Crippen LogP contribution in [0, 0.1) is 5.92 Å². The maximum absolute atomic E-state index is 4.56. The molecule has 0 aliphatic carbocycles. The molecule has 0 aromatic carbocycles. The molecular weight excluding hydrogens is 262 g/mol. The van der Waals surface area contributed by atoms with Crippen molar-refractivity contribution in [2.45, 2.75) is 32.6 Å². The van der Waals surface area contributed by atoms with Crippen LogP contribution in [0.3, 0.4) is 0 Å². The topological polar surface area (TPSA) is 47.2 Å². The Balaban J connectivity index is 1.62. The largest absolute Gasteiger partial charge is 0.353 e. The predicted octanol–water partition coefficient (Wildman–Crippen LogP) is 1.65. The lowest BCUT2D eigenvalue weighted by atomic mass is 9.94. The van der Waals surface area contributed by atoms with Crippen molar-refractivity contribution in [2.24, 2.45) is 5.92 Å². The van der Waals surface area contributed by atoms with Gasteiger partial charge in [0.15, 0.2) is 5.82 Å². The van der Waals surface area contributed by atoms with Crippen LogP contribution in [-0.4, -0.2) is 60.9 Å². The first-order chi connectivity index (χ1) is 10.2. The van der Waals surface area contributed by atoms with Gasteiger partial charge in [0.1, 0.15) is 0 Å². The number of nitrogens with one attached hydrogen (secondary N) is 2. The van der Waals surface area contributed by atoms with Crippen molar-refractivity contribution < 1.29 is 0 Å². The van der Waals surface area contributed by atoms with E-state index in [4.69, 9.17) is 0 Å². The average Bonchev–Trinajstić information content (AvgIpc) is 2.98. The standard InChI is InChI=1S/C16H29N5/c1-13(2)11-20-7-3-4-14(12-20)15-10-16(19-18-15)21-8-5-17-6-9-21/h10,13-14,17H,3-9,11-12H2,1-2H3,(H,18,19). The number of anilines is 1. The van der Waals surface area contributed by atoms with Gasteiger partial charge in [-0.25, -0.2) is 0 Å². The number of hydrogen-bond donors (Lipinski definition) is 2. The fourth-order valence-electron chi connectivity index (χ4n) is 3.58. The number of likely N-dealkylation sites (tertiary alicyclic amines) is 1. The van der Waals surface area contributed by atoms with E-state index in [0.29, 0.717) is 5.92 Å². The lowest BCUT2D eigenvalue weighted by Gasteiger charge is -2.33. The molecule has 2 aliphatic rings. The Kier molecular flexibility index (Phi) is 4.80. The van der Waals surface area contributed by atoms with Crippen molar-refractivity contribution in [1.82, 2.24) is 20.4 Å². The molecule has 1 aromatic heterocycles. The quantitative estimate of drug-likeness (QED) is 0.885. The van der Waals surface area contributed by atoms with E-state index >= 15 is 0 Å². The second kappa shape index (κ2) is 6.79. The summed E-state index contributed by atoms with van der Waals surface area (Å²) >= 11 is 0. The molecule has 0 radical (unpaired) electrons. The molecule has 0 bridgehead atoms. The smallest absolute Gasteiger partial charge is 0.150 e. The number of aromatic amines is 1. The van der Waals surface area contributed by atoms with Crippen LogP contribution in [0.5, 0.6) is 0 Å². The van der Waals surface area contributed by atoms with Crippen molar-refractivity contribution in [3.05, 3.63) is 11.8 Å². The van der Waals surface area contributed by atoms with E-state index in [-0.39, 0.29) is 0 Å². The van der Waals surface area contributed by atoms with Gasteiger partial charge in [0, 0.05) is 56.9 Å². The zero-order valence-corrected chi connectivity index (χ0v) is 13.4. The molecule has 118 valence electrons. The van der Waals surface area contributed by atoms with Gasteiger partial charge in [-0.15, -0.1) is 0 Å². The monoisotopic (exact) mass is 291 g/mol. The molecule has 2 aliphatic heterocycles. The third-order valence-electron chi connectivity index (χ3n) is 4.59. The molecule has 5 nitrogen and oxygen atoms in total. The lowest BCUT2D eigenvalue weighted by Crippen LogP contribution is -2.43. The first-order valence-corrected chi connectivity index (χ1v) is 8.45.